The maximum atomic E-state index is 14.3. The molecule has 0 amide bonds. The molecule has 2 aromatic carbocycles. The number of aliphatic hydroxyl groups excluding tert-OH is 1. The molecule has 136 valence electrons. The van der Waals surface area contributed by atoms with E-state index in [4.69, 9.17) is 4.74 Å². The largest absolute Gasteiger partial charge is 0.454 e. The molecule has 27 heavy (non-hydrogen) atoms. The molecule has 2 heterocycles. The number of nitrogens with zero attached hydrogens (tertiary/aromatic N) is 1. The van der Waals surface area contributed by atoms with Gasteiger partial charge in [-0.05, 0) is 60.5 Å². The predicted molar refractivity (Wildman–Crippen MR) is 106 cm³/mol. The molecule has 2 aromatic heterocycles. The third kappa shape index (κ3) is 3.46. The number of hydrogen-bond donors (Lipinski definition) is 2. The molecule has 0 radical (unpaired) electrons. The highest BCUT2D eigenvalue weighted by molar-refractivity contribution is 9.10. The molecular formula is C21H16BrFN2O2. The first kappa shape index (κ1) is 17.7. The molecule has 0 aliphatic rings. The van der Waals surface area contributed by atoms with E-state index in [2.05, 4.69) is 25.9 Å². The third-order valence-electron chi connectivity index (χ3n) is 4.29. The molecule has 0 saturated carbocycles. The minimum atomic E-state index is -0.459. The van der Waals surface area contributed by atoms with Gasteiger partial charge in [0.2, 0.25) is 0 Å². The van der Waals surface area contributed by atoms with Gasteiger partial charge in [-0.2, -0.15) is 0 Å². The number of halogens is 2. The van der Waals surface area contributed by atoms with Gasteiger partial charge in [0.15, 0.2) is 11.6 Å². The van der Waals surface area contributed by atoms with Crippen LogP contribution in [0.1, 0.15) is 11.3 Å². The van der Waals surface area contributed by atoms with Gasteiger partial charge in [-0.1, -0.05) is 22.0 Å². The van der Waals surface area contributed by atoms with E-state index < -0.39 is 5.82 Å². The first-order chi connectivity index (χ1) is 13.0. The average Bonchev–Trinajstić information content (AvgIpc) is 3.12. The van der Waals surface area contributed by atoms with E-state index in [1.165, 1.54) is 6.07 Å². The van der Waals surface area contributed by atoms with Crippen molar-refractivity contribution < 1.29 is 14.2 Å². The molecule has 0 aliphatic carbocycles. The van der Waals surface area contributed by atoms with Crippen molar-refractivity contribution in [1.82, 2.24) is 9.97 Å². The Bertz CT molecular complexity index is 1140. The van der Waals surface area contributed by atoms with E-state index in [1.807, 2.05) is 31.3 Å². The van der Waals surface area contributed by atoms with Gasteiger partial charge >= 0.3 is 0 Å². The van der Waals surface area contributed by atoms with Crippen molar-refractivity contribution in [3.8, 4) is 22.6 Å². The second-order valence-electron chi connectivity index (χ2n) is 6.22. The second-order valence-corrected chi connectivity index (χ2v) is 7.13. The SMILES string of the molecule is Cc1cc(-c2cc(CO)ccc2Oc2ccc(Br)cc2F)c2cc[nH]c2n1. The van der Waals surface area contributed by atoms with Gasteiger partial charge in [0.1, 0.15) is 11.4 Å². The molecule has 4 rings (SSSR count). The highest BCUT2D eigenvalue weighted by Crippen LogP contribution is 2.38. The molecular weight excluding hydrogens is 411 g/mol. The summed E-state index contributed by atoms with van der Waals surface area (Å²) >= 11 is 3.25. The summed E-state index contributed by atoms with van der Waals surface area (Å²) in [6.07, 6.45) is 1.82. The van der Waals surface area contributed by atoms with Gasteiger partial charge in [-0.3, -0.25) is 0 Å². The van der Waals surface area contributed by atoms with Crippen LogP contribution < -0.4 is 4.74 Å². The maximum absolute atomic E-state index is 14.3. The summed E-state index contributed by atoms with van der Waals surface area (Å²) in [6, 6.07) is 13.9. The van der Waals surface area contributed by atoms with Crippen LogP contribution in [0, 0.1) is 12.7 Å². The fourth-order valence-corrected chi connectivity index (χ4v) is 3.37. The van der Waals surface area contributed by atoms with E-state index in [9.17, 15) is 9.50 Å². The zero-order valence-electron chi connectivity index (χ0n) is 14.5. The predicted octanol–water partition coefficient (Wildman–Crippen LogP) is 5.72. The lowest BCUT2D eigenvalue weighted by Crippen LogP contribution is -1.95. The number of aliphatic hydroxyl groups is 1. The van der Waals surface area contributed by atoms with Crippen molar-refractivity contribution in [2.75, 3.05) is 0 Å². The first-order valence-electron chi connectivity index (χ1n) is 8.37. The van der Waals surface area contributed by atoms with Crippen molar-refractivity contribution >= 4 is 27.0 Å². The van der Waals surface area contributed by atoms with E-state index >= 15 is 0 Å². The Labute approximate surface area is 163 Å². The number of benzene rings is 2. The monoisotopic (exact) mass is 426 g/mol. The molecule has 0 bridgehead atoms. The van der Waals surface area contributed by atoms with Crippen LogP contribution in [0.15, 0.2) is 59.2 Å². The van der Waals surface area contributed by atoms with E-state index in [0.717, 1.165) is 33.4 Å². The summed E-state index contributed by atoms with van der Waals surface area (Å²) in [5.41, 5.74) is 4.02. The third-order valence-corrected chi connectivity index (χ3v) is 4.78. The smallest absolute Gasteiger partial charge is 0.166 e. The van der Waals surface area contributed by atoms with Gasteiger partial charge in [0.25, 0.3) is 0 Å². The van der Waals surface area contributed by atoms with Crippen LogP contribution in [0.25, 0.3) is 22.2 Å². The fourth-order valence-electron chi connectivity index (χ4n) is 3.04. The lowest BCUT2D eigenvalue weighted by Gasteiger charge is -2.15. The number of aromatic nitrogens is 2. The van der Waals surface area contributed by atoms with E-state index in [0.29, 0.717) is 10.2 Å². The molecule has 0 atom stereocenters. The molecule has 4 aromatic rings. The number of rotatable bonds is 4. The highest BCUT2D eigenvalue weighted by Gasteiger charge is 2.15. The minimum absolute atomic E-state index is 0.0970. The molecule has 0 fully saturated rings. The number of hydrogen-bond acceptors (Lipinski definition) is 3. The number of aromatic amines is 1. The van der Waals surface area contributed by atoms with Crippen LogP contribution in [-0.4, -0.2) is 15.1 Å². The van der Waals surface area contributed by atoms with Crippen molar-refractivity contribution in [2.45, 2.75) is 13.5 Å². The fraction of sp³-hybridized carbons (Fsp3) is 0.0952. The van der Waals surface area contributed by atoms with Crippen molar-refractivity contribution in [1.29, 1.82) is 0 Å². The van der Waals surface area contributed by atoms with E-state index in [1.54, 1.807) is 24.3 Å². The van der Waals surface area contributed by atoms with Crippen molar-refractivity contribution in [3.05, 3.63) is 76.3 Å². The summed E-state index contributed by atoms with van der Waals surface area (Å²) in [7, 11) is 0. The summed E-state index contributed by atoms with van der Waals surface area (Å²) < 4.78 is 20.8. The Hall–Kier alpha value is -2.70. The second kappa shape index (κ2) is 7.13. The first-order valence-corrected chi connectivity index (χ1v) is 9.16. The molecule has 0 saturated heterocycles. The Kier molecular flexibility index (Phi) is 4.68. The van der Waals surface area contributed by atoms with Crippen LogP contribution in [-0.2, 0) is 6.61 Å². The Balaban J connectivity index is 1.89. The van der Waals surface area contributed by atoms with Crippen LogP contribution in [0.2, 0.25) is 0 Å². The Morgan fingerprint density at radius 2 is 1.89 bits per heavy atom. The van der Waals surface area contributed by atoms with Gasteiger partial charge < -0.3 is 14.8 Å². The Morgan fingerprint density at radius 3 is 2.67 bits per heavy atom. The normalized spacial score (nSPS) is 11.1. The van der Waals surface area contributed by atoms with Crippen molar-refractivity contribution in [2.24, 2.45) is 0 Å². The molecule has 0 aliphatic heterocycles. The lowest BCUT2D eigenvalue weighted by molar-refractivity contribution is 0.282. The van der Waals surface area contributed by atoms with Crippen molar-refractivity contribution in [3.63, 3.8) is 0 Å². The van der Waals surface area contributed by atoms with Crippen LogP contribution in [0.3, 0.4) is 0 Å². The topological polar surface area (TPSA) is 58.1 Å². The number of pyridine rings is 1. The number of ether oxygens (including phenoxy) is 1. The summed E-state index contributed by atoms with van der Waals surface area (Å²) in [6.45, 7) is 1.81. The summed E-state index contributed by atoms with van der Waals surface area (Å²) in [4.78, 5) is 7.61. The molecule has 6 heteroatoms. The molecule has 4 nitrogen and oxygen atoms in total. The number of aryl methyl sites for hydroxylation is 1. The quantitative estimate of drug-likeness (QED) is 0.438. The number of nitrogens with one attached hydrogen (secondary N) is 1. The maximum Gasteiger partial charge on any atom is 0.166 e. The number of H-pyrrole nitrogens is 1. The average molecular weight is 427 g/mol. The molecule has 2 N–H and O–H groups in total. The van der Waals surface area contributed by atoms with Crippen LogP contribution in [0.5, 0.6) is 11.5 Å². The van der Waals surface area contributed by atoms with Gasteiger partial charge in [-0.25, -0.2) is 9.37 Å². The van der Waals surface area contributed by atoms with Crippen LogP contribution >= 0.6 is 15.9 Å². The zero-order valence-corrected chi connectivity index (χ0v) is 16.0. The highest BCUT2D eigenvalue weighted by atomic mass is 79.9. The summed E-state index contributed by atoms with van der Waals surface area (Å²) in [5.74, 6) is 0.174. The standard InChI is InChI=1S/C21H16BrFN2O2/c1-12-8-16(15-6-7-24-21(15)25-12)17-9-13(11-26)2-4-19(17)27-20-5-3-14(22)10-18(20)23/h2-10,26H,11H2,1H3,(H,24,25). The lowest BCUT2D eigenvalue weighted by atomic mass is 9.99. The minimum Gasteiger partial charge on any atom is -0.454 e. The van der Waals surface area contributed by atoms with E-state index in [-0.39, 0.29) is 12.4 Å². The van der Waals surface area contributed by atoms with Crippen LogP contribution in [0.4, 0.5) is 4.39 Å². The van der Waals surface area contributed by atoms with Gasteiger partial charge in [0, 0.05) is 27.3 Å². The Morgan fingerprint density at radius 1 is 1.07 bits per heavy atom. The summed E-state index contributed by atoms with van der Waals surface area (Å²) in [5, 5.41) is 10.5. The van der Waals surface area contributed by atoms with Gasteiger partial charge in [0.05, 0.1) is 6.61 Å². The molecule has 0 unspecified atom stereocenters. The molecule has 0 spiro atoms. The van der Waals surface area contributed by atoms with Gasteiger partial charge in [-0.15, -0.1) is 0 Å². The zero-order chi connectivity index (χ0) is 19.0. The number of fused-ring (bicyclic) bond motifs is 1.